The number of methoxy groups -OCH3 is 1. The van der Waals surface area contributed by atoms with E-state index in [2.05, 4.69) is 10.1 Å². The summed E-state index contributed by atoms with van der Waals surface area (Å²) in [5.74, 6) is -4.11. The number of aromatic carboxylic acids is 2. The first-order chi connectivity index (χ1) is 12.3. The Kier molecular flexibility index (Phi) is 5.58. The van der Waals surface area contributed by atoms with Crippen LogP contribution in [-0.2, 0) is 14.3 Å². The van der Waals surface area contributed by atoms with Gasteiger partial charge in [-0.2, -0.15) is 0 Å². The second-order valence-corrected chi connectivity index (χ2v) is 5.29. The van der Waals surface area contributed by atoms with Crippen LogP contribution in [0.5, 0.6) is 0 Å². The lowest BCUT2D eigenvalue weighted by atomic mass is 10.1. The van der Waals surface area contributed by atoms with Gasteiger partial charge >= 0.3 is 17.9 Å². The Labute approximate surface area is 147 Å². The molecule has 1 aliphatic rings. The number of nitrogens with one attached hydrogen (secondary N) is 1. The summed E-state index contributed by atoms with van der Waals surface area (Å²) < 4.78 is 4.63. The zero-order valence-electron chi connectivity index (χ0n) is 13.7. The summed E-state index contributed by atoms with van der Waals surface area (Å²) in [6.45, 7) is -0.445. The number of carboxylic acid groups (broad SMARTS) is 2. The van der Waals surface area contributed by atoms with E-state index in [0.717, 1.165) is 13.2 Å². The van der Waals surface area contributed by atoms with Crippen LogP contribution in [0.1, 0.15) is 20.7 Å². The Morgan fingerprint density at radius 3 is 2.46 bits per heavy atom. The molecule has 0 saturated heterocycles. The van der Waals surface area contributed by atoms with E-state index in [9.17, 15) is 24.3 Å². The lowest BCUT2D eigenvalue weighted by molar-refractivity contribution is -0.136. The van der Waals surface area contributed by atoms with Crippen molar-refractivity contribution in [2.75, 3.05) is 32.1 Å². The van der Waals surface area contributed by atoms with Crippen LogP contribution in [0.25, 0.3) is 0 Å². The molecule has 1 heterocycles. The number of benzene rings is 1. The predicted octanol–water partition coefficient (Wildman–Crippen LogP) is -0.243. The van der Waals surface area contributed by atoms with Gasteiger partial charge in [-0.25, -0.2) is 14.4 Å². The maximum absolute atomic E-state index is 12.4. The normalized spacial score (nSPS) is 13.8. The van der Waals surface area contributed by atoms with Gasteiger partial charge in [0.05, 0.1) is 42.6 Å². The van der Waals surface area contributed by atoms with Gasteiger partial charge in [-0.05, 0) is 18.2 Å². The Morgan fingerprint density at radius 2 is 1.92 bits per heavy atom. The summed E-state index contributed by atoms with van der Waals surface area (Å²) in [7, 11) is 1.14. The lowest BCUT2D eigenvalue weighted by Crippen LogP contribution is -2.31. The second kappa shape index (κ2) is 7.66. The number of hydrogen-bond acceptors (Lipinski definition) is 7. The van der Waals surface area contributed by atoms with Crippen molar-refractivity contribution >= 4 is 29.5 Å². The topological polar surface area (TPSA) is 153 Å². The number of esters is 1. The highest BCUT2D eigenvalue weighted by Gasteiger charge is 2.35. The quantitative estimate of drug-likeness (QED) is 0.480. The number of rotatable bonds is 7. The minimum Gasteiger partial charge on any atom is -0.478 e. The number of aliphatic hydroxyl groups excluding tert-OH is 1. The van der Waals surface area contributed by atoms with Crippen molar-refractivity contribution in [3.8, 4) is 0 Å². The van der Waals surface area contributed by atoms with E-state index in [-0.39, 0.29) is 47.8 Å². The van der Waals surface area contributed by atoms with Crippen LogP contribution in [0.4, 0.5) is 5.69 Å². The average Bonchev–Trinajstić information content (AvgIpc) is 2.91. The summed E-state index contributed by atoms with van der Waals surface area (Å²) in [6.07, 6.45) is 0. The highest BCUT2D eigenvalue weighted by atomic mass is 16.5. The number of hydrogen-bond donors (Lipinski definition) is 4. The molecule has 138 valence electrons. The molecule has 1 aliphatic heterocycles. The van der Waals surface area contributed by atoms with Crippen LogP contribution in [-0.4, -0.2) is 70.8 Å². The predicted molar refractivity (Wildman–Crippen MR) is 86.7 cm³/mol. The van der Waals surface area contributed by atoms with Crippen LogP contribution in [0, 0.1) is 0 Å². The molecule has 1 aromatic carbocycles. The van der Waals surface area contributed by atoms with Crippen LogP contribution in [0.15, 0.2) is 29.5 Å². The van der Waals surface area contributed by atoms with Gasteiger partial charge in [0.2, 0.25) is 0 Å². The third-order valence-electron chi connectivity index (χ3n) is 3.71. The molecular weight excluding hydrogens is 348 g/mol. The van der Waals surface area contributed by atoms with Crippen molar-refractivity contribution in [2.45, 2.75) is 0 Å². The number of anilines is 1. The largest absolute Gasteiger partial charge is 0.478 e. The van der Waals surface area contributed by atoms with Crippen LogP contribution in [0.2, 0.25) is 0 Å². The van der Waals surface area contributed by atoms with Crippen molar-refractivity contribution in [1.82, 2.24) is 4.90 Å². The molecule has 0 radical (unpaired) electrons. The van der Waals surface area contributed by atoms with Crippen LogP contribution in [0.3, 0.4) is 0 Å². The molecule has 0 spiro atoms. The van der Waals surface area contributed by atoms with Gasteiger partial charge in [-0.15, -0.1) is 0 Å². The molecule has 26 heavy (non-hydrogen) atoms. The number of amides is 1. The molecule has 0 unspecified atom stereocenters. The fourth-order valence-corrected chi connectivity index (χ4v) is 2.45. The highest BCUT2D eigenvalue weighted by Crippen LogP contribution is 2.25. The first kappa shape index (κ1) is 18.9. The summed E-state index contributed by atoms with van der Waals surface area (Å²) in [5, 5.41) is 29.9. The van der Waals surface area contributed by atoms with Gasteiger partial charge in [0.1, 0.15) is 5.70 Å². The molecular formula is C16H16N2O8. The molecule has 10 heteroatoms. The molecule has 0 bridgehead atoms. The van der Waals surface area contributed by atoms with Gasteiger partial charge in [-0.3, -0.25) is 4.79 Å². The molecule has 1 amide bonds. The zero-order chi connectivity index (χ0) is 19.4. The van der Waals surface area contributed by atoms with E-state index < -0.39 is 23.8 Å². The minimum absolute atomic E-state index is 0.0196. The van der Waals surface area contributed by atoms with E-state index in [0.29, 0.717) is 0 Å². The van der Waals surface area contributed by atoms with Gasteiger partial charge < -0.3 is 30.3 Å². The molecule has 0 saturated carbocycles. The van der Waals surface area contributed by atoms with Crippen molar-refractivity contribution < 1.29 is 39.2 Å². The first-order valence-corrected chi connectivity index (χ1v) is 7.39. The second-order valence-electron chi connectivity index (χ2n) is 5.29. The molecule has 0 aliphatic carbocycles. The smallest absolute Gasteiger partial charge is 0.337 e. The standard InChI is InChI=1S/C16H16N2O8/c1-26-16(25)10-7-18(4-5-19)13(20)12(10)17-11-3-2-8(14(21)22)6-9(11)15(23)24/h2-3,6,17,19H,4-5,7H2,1H3,(H,21,22)(H,23,24). The Morgan fingerprint density at radius 1 is 1.23 bits per heavy atom. The molecule has 0 fully saturated rings. The van der Waals surface area contributed by atoms with Crippen LogP contribution >= 0.6 is 0 Å². The van der Waals surface area contributed by atoms with Gasteiger partial charge in [-0.1, -0.05) is 0 Å². The Balaban J connectivity index is 2.46. The molecule has 0 aromatic heterocycles. The Hall–Kier alpha value is -3.40. The molecule has 4 N–H and O–H groups in total. The molecule has 2 rings (SSSR count). The zero-order valence-corrected chi connectivity index (χ0v) is 13.7. The average molecular weight is 364 g/mol. The van der Waals surface area contributed by atoms with E-state index in [4.69, 9.17) is 10.2 Å². The number of carboxylic acids is 2. The lowest BCUT2D eigenvalue weighted by Gasteiger charge is -2.15. The maximum atomic E-state index is 12.4. The summed E-state index contributed by atoms with van der Waals surface area (Å²) in [6, 6.07) is 3.30. The number of carbonyl (C=O) groups excluding carboxylic acids is 2. The minimum atomic E-state index is -1.41. The van der Waals surface area contributed by atoms with Crippen molar-refractivity contribution in [3.05, 3.63) is 40.6 Å². The fourth-order valence-electron chi connectivity index (χ4n) is 2.45. The summed E-state index contributed by atoms with van der Waals surface area (Å²) in [4.78, 5) is 48.0. The summed E-state index contributed by atoms with van der Waals surface area (Å²) in [5.41, 5.74) is -0.886. The Bertz CT molecular complexity index is 814. The first-order valence-electron chi connectivity index (χ1n) is 7.39. The van der Waals surface area contributed by atoms with Crippen molar-refractivity contribution in [2.24, 2.45) is 0 Å². The van der Waals surface area contributed by atoms with E-state index in [1.807, 2.05) is 0 Å². The number of nitrogens with zero attached hydrogens (tertiary/aromatic N) is 1. The molecule has 10 nitrogen and oxygen atoms in total. The number of β-amino-alcohol motifs (C(OH)–C–C–N with tert-alkyl or cyclic N) is 1. The van der Waals surface area contributed by atoms with E-state index >= 15 is 0 Å². The van der Waals surface area contributed by atoms with Crippen LogP contribution < -0.4 is 5.32 Å². The SMILES string of the molecule is COC(=O)C1=C(Nc2ccc(C(=O)O)cc2C(=O)O)C(=O)N(CCO)C1. The van der Waals surface area contributed by atoms with Crippen molar-refractivity contribution in [3.63, 3.8) is 0 Å². The molecule has 1 aromatic rings. The van der Waals surface area contributed by atoms with E-state index in [1.54, 1.807) is 0 Å². The van der Waals surface area contributed by atoms with Crippen molar-refractivity contribution in [1.29, 1.82) is 0 Å². The third-order valence-corrected chi connectivity index (χ3v) is 3.71. The number of aliphatic hydroxyl groups is 1. The van der Waals surface area contributed by atoms with Gasteiger partial charge in [0.15, 0.2) is 0 Å². The third kappa shape index (κ3) is 3.64. The molecule has 0 atom stereocenters. The number of ether oxygens (including phenoxy) is 1. The fraction of sp³-hybridized carbons (Fsp3) is 0.250. The number of carbonyl (C=O) groups is 4. The highest BCUT2D eigenvalue weighted by molar-refractivity contribution is 6.09. The van der Waals surface area contributed by atoms with Gasteiger partial charge in [0.25, 0.3) is 5.91 Å². The van der Waals surface area contributed by atoms with Gasteiger partial charge in [0, 0.05) is 6.54 Å². The maximum Gasteiger partial charge on any atom is 0.337 e. The van der Waals surface area contributed by atoms with E-state index in [1.165, 1.54) is 17.0 Å². The monoisotopic (exact) mass is 364 g/mol. The summed E-state index contributed by atoms with van der Waals surface area (Å²) >= 11 is 0.